The predicted octanol–water partition coefficient (Wildman–Crippen LogP) is 3.06. The fourth-order valence-corrected chi connectivity index (χ4v) is 0.575. The Bertz CT molecular complexity index is 307. The van der Waals surface area contributed by atoms with Crippen molar-refractivity contribution in [3.05, 3.63) is 0 Å². The molecule has 0 radical (unpaired) electrons. The molecule has 5 heteroatoms. The fourth-order valence-electron chi connectivity index (χ4n) is 0.575. The van der Waals surface area contributed by atoms with E-state index in [0.717, 1.165) is 6.54 Å². The highest BCUT2D eigenvalue weighted by Gasteiger charge is 1.97. The van der Waals surface area contributed by atoms with Crippen LogP contribution in [-0.2, 0) is 0 Å². The molecule has 0 fully saturated rings. The zero-order chi connectivity index (χ0) is 15.3. The topological polar surface area (TPSA) is 52.7 Å². The lowest BCUT2D eigenvalue weighted by molar-refractivity contribution is 0.325. The quantitative estimate of drug-likeness (QED) is 0.706. The van der Waals surface area contributed by atoms with Crippen LogP contribution in [0.5, 0.6) is 0 Å². The van der Waals surface area contributed by atoms with Crippen molar-refractivity contribution < 1.29 is 0 Å². The lowest BCUT2D eigenvalue weighted by atomic mass is 10.4. The van der Waals surface area contributed by atoms with Crippen LogP contribution in [0.2, 0.25) is 0 Å². The third-order valence-electron chi connectivity index (χ3n) is 1.85. The van der Waals surface area contributed by atoms with Crippen molar-refractivity contribution >= 4 is 12.0 Å². The average molecular weight is 267 g/mol. The lowest BCUT2D eigenvalue weighted by Gasteiger charge is -2.12. The molecule has 0 aromatic heterocycles. The third-order valence-corrected chi connectivity index (χ3v) is 1.85. The normalized spacial score (nSPS) is 11.1. The molecule has 0 saturated carbocycles. The number of aliphatic imine (C=N–C) groups is 4. The van der Waals surface area contributed by atoms with Gasteiger partial charge in [-0.25, -0.2) is 20.0 Å². The molecule has 0 N–H and O–H groups in total. The van der Waals surface area contributed by atoms with Gasteiger partial charge in [-0.15, -0.1) is 0 Å². The Balaban J connectivity index is 0. The molecular formula is C14H29N5. The minimum Gasteiger partial charge on any atom is -0.288 e. The maximum Gasteiger partial charge on any atom is 0.110 e. The van der Waals surface area contributed by atoms with E-state index in [-0.39, 0.29) is 6.17 Å². The smallest absolute Gasteiger partial charge is 0.110 e. The molecule has 0 aliphatic rings. The van der Waals surface area contributed by atoms with Crippen molar-refractivity contribution in [1.29, 1.82) is 0 Å². The van der Waals surface area contributed by atoms with Crippen LogP contribution >= 0.6 is 0 Å². The highest BCUT2D eigenvalue weighted by Crippen LogP contribution is 1.89. The molecule has 0 rings (SSSR count). The fraction of sp³-hybridized carbons (Fsp3) is 0.857. The van der Waals surface area contributed by atoms with Crippen LogP contribution in [0.3, 0.4) is 0 Å². The molecule has 5 nitrogen and oxygen atoms in total. The van der Waals surface area contributed by atoms with Crippen LogP contribution < -0.4 is 0 Å². The van der Waals surface area contributed by atoms with Crippen LogP contribution in [0.1, 0.15) is 41.5 Å². The first-order valence-electron chi connectivity index (χ1n) is 6.73. The van der Waals surface area contributed by atoms with Crippen molar-refractivity contribution in [3.8, 4) is 0 Å². The Labute approximate surface area is 118 Å². The van der Waals surface area contributed by atoms with Crippen LogP contribution in [-0.4, -0.2) is 55.8 Å². The average Bonchev–Trinajstić information content (AvgIpc) is 2.28. The van der Waals surface area contributed by atoms with E-state index in [9.17, 15) is 0 Å². The molecule has 0 aliphatic carbocycles. The van der Waals surface area contributed by atoms with E-state index in [1.165, 1.54) is 0 Å². The van der Waals surface area contributed by atoms with Gasteiger partial charge in [0.2, 0.25) is 0 Å². The second-order valence-corrected chi connectivity index (χ2v) is 4.84. The zero-order valence-corrected chi connectivity index (χ0v) is 13.7. The first kappa shape index (κ1) is 20.0. The summed E-state index contributed by atoms with van der Waals surface area (Å²) >= 11 is 0. The maximum atomic E-state index is 4.02. The van der Waals surface area contributed by atoms with Crippen LogP contribution in [0, 0.1) is 0 Å². The van der Waals surface area contributed by atoms with Gasteiger partial charge in [-0.2, -0.15) is 0 Å². The summed E-state index contributed by atoms with van der Waals surface area (Å²) in [7, 11) is 3.95. The first-order chi connectivity index (χ1) is 8.81. The third kappa shape index (κ3) is 19.2. The van der Waals surface area contributed by atoms with Gasteiger partial charge in [0.25, 0.3) is 0 Å². The molecule has 0 spiro atoms. The van der Waals surface area contributed by atoms with E-state index in [2.05, 4.69) is 32.0 Å². The van der Waals surface area contributed by atoms with Gasteiger partial charge in [-0.05, 0) is 55.6 Å². The number of hydrogen-bond acceptors (Lipinski definition) is 5. The second-order valence-electron chi connectivity index (χ2n) is 4.84. The van der Waals surface area contributed by atoms with Gasteiger partial charge in [0.1, 0.15) is 6.17 Å². The van der Waals surface area contributed by atoms with E-state index in [1.54, 1.807) is 0 Å². The molecular weight excluding hydrogens is 238 g/mol. The Morgan fingerprint density at radius 3 is 1.63 bits per heavy atom. The van der Waals surface area contributed by atoms with Gasteiger partial charge in [0.15, 0.2) is 0 Å². The molecule has 19 heavy (non-hydrogen) atoms. The molecule has 0 bridgehead atoms. The van der Waals surface area contributed by atoms with E-state index < -0.39 is 0 Å². The van der Waals surface area contributed by atoms with E-state index in [4.69, 9.17) is 0 Å². The summed E-state index contributed by atoms with van der Waals surface area (Å²) in [5.74, 6) is 0. The Kier molecular flexibility index (Phi) is 13.9. The van der Waals surface area contributed by atoms with Crippen molar-refractivity contribution in [2.45, 2.75) is 59.8 Å². The molecule has 0 heterocycles. The minimum absolute atomic E-state index is 0.176. The van der Waals surface area contributed by atoms with Gasteiger partial charge >= 0.3 is 0 Å². The lowest BCUT2D eigenvalue weighted by Crippen LogP contribution is -2.21. The number of hydrogen-bond donors (Lipinski definition) is 0. The Morgan fingerprint density at radius 2 is 1.32 bits per heavy atom. The standard InChI is InChI=1S/C7H15N3.C7H14N2/c1-5-8-6-9-7(2)10(3)4;1-6(2)8-5-9-7(3)4/h7H,5H2,1-4H3;6-7H,1-4H3. The van der Waals surface area contributed by atoms with Crippen molar-refractivity contribution in [3.63, 3.8) is 0 Å². The zero-order valence-electron chi connectivity index (χ0n) is 13.7. The SMILES string of the molecule is CC(C)N=C=NC(C)C.CCN=C=NC(C)N(C)C. The summed E-state index contributed by atoms with van der Waals surface area (Å²) < 4.78 is 0. The van der Waals surface area contributed by atoms with Crippen LogP contribution in [0.25, 0.3) is 0 Å². The highest BCUT2D eigenvalue weighted by molar-refractivity contribution is 5.41. The number of rotatable bonds is 5. The van der Waals surface area contributed by atoms with Gasteiger partial charge in [0, 0.05) is 6.54 Å². The van der Waals surface area contributed by atoms with Gasteiger partial charge < -0.3 is 0 Å². The van der Waals surface area contributed by atoms with Gasteiger partial charge in [0.05, 0.1) is 24.1 Å². The van der Waals surface area contributed by atoms with Gasteiger partial charge in [-0.1, -0.05) is 0 Å². The van der Waals surface area contributed by atoms with E-state index >= 15 is 0 Å². The van der Waals surface area contributed by atoms with E-state index in [1.807, 2.05) is 60.5 Å². The molecule has 0 aromatic rings. The summed E-state index contributed by atoms with van der Waals surface area (Å²) in [6.07, 6.45) is 0.176. The second kappa shape index (κ2) is 13.2. The van der Waals surface area contributed by atoms with Crippen molar-refractivity contribution in [2.24, 2.45) is 20.0 Å². The molecule has 1 unspecified atom stereocenters. The first-order valence-corrected chi connectivity index (χ1v) is 6.73. The predicted molar refractivity (Wildman–Crippen MR) is 83.7 cm³/mol. The molecule has 0 saturated heterocycles. The van der Waals surface area contributed by atoms with Crippen LogP contribution in [0.15, 0.2) is 20.0 Å². The molecule has 0 amide bonds. The maximum absolute atomic E-state index is 4.02. The van der Waals surface area contributed by atoms with Crippen molar-refractivity contribution in [1.82, 2.24) is 4.90 Å². The number of nitrogens with zero attached hydrogens (tertiary/aromatic N) is 5. The van der Waals surface area contributed by atoms with E-state index in [0.29, 0.717) is 12.1 Å². The molecule has 110 valence electrons. The summed E-state index contributed by atoms with van der Waals surface area (Å²) in [5, 5.41) is 0. The Morgan fingerprint density at radius 1 is 0.842 bits per heavy atom. The largest absolute Gasteiger partial charge is 0.288 e. The van der Waals surface area contributed by atoms with Gasteiger partial charge in [-0.3, -0.25) is 4.90 Å². The summed E-state index contributed by atoms with van der Waals surface area (Å²) in [6.45, 7) is 12.7. The summed E-state index contributed by atoms with van der Waals surface area (Å²) in [6, 6.07) is 5.88. The van der Waals surface area contributed by atoms with Crippen LogP contribution in [0.4, 0.5) is 0 Å². The monoisotopic (exact) mass is 267 g/mol. The summed E-state index contributed by atoms with van der Waals surface area (Å²) in [4.78, 5) is 17.8. The molecule has 0 aromatic carbocycles. The minimum atomic E-state index is 0.176. The van der Waals surface area contributed by atoms with Crippen molar-refractivity contribution in [2.75, 3.05) is 20.6 Å². The Hall–Kier alpha value is -1.28. The molecule has 0 aliphatic heterocycles. The summed E-state index contributed by atoms with van der Waals surface area (Å²) in [5.41, 5.74) is 0. The molecule has 1 atom stereocenters. The highest BCUT2D eigenvalue weighted by atomic mass is 15.2.